The molecule has 0 spiro atoms. The third-order valence-corrected chi connectivity index (χ3v) is 3.04. The van der Waals surface area contributed by atoms with E-state index < -0.39 is 0 Å². The largest absolute Gasteiger partial charge is 0.357 e. The molecule has 0 fully saturated rings. The second kappa shape index (κ2) is 11.6. The number of nitrogens with zero attached hydrogens (tertiary/aromatic N) is 2. The van der Waals surface area contributed by atoms with Crippen molar-refractivity contribution in [2.45, 2.75) is 33.9 Å². The van der Waals surface area contributed by atoms with Gasteiger partial charge in [-0.2, -0.15) is 0 Å². The molecular formula is C17H30FIN4. The molecule has 0 atom stereocenters. The minimum atomic E-state index is -0.161. The molecule has 0 aliphatic carbocycles. The van der Waals surface area contributed by atoms with E-state index in [0.717, 1.165) is 24.6 Å². The van der Waals surface area contributed by atoms with Gasteiger partial charge in [0.1, 0.15) is 5.82 Å². The van der Waals surface area contributed by atoms with Gasteiger partial charge in [0.15, 0.2) is 5.96 Å². The molecule has 0 saturated heterocycles. The molecule has 1 rings (SSSR count). The lowest BCUT2D eigenvalue weighted by atomic mass is 10.1. The summed E-state index contributed by atoms with van der Waals surface area (Å²) in [6.45, 7) is 9.18. The highest BCUT2D eigenvalue weighted by molar-refractivity contribution is 14.0. The molecule has 0 heterocycles. The van der Waals surface area contributed by atoms with Gasteiger partial charge in [-0.3, -0.25) is 0 Å². The molecule has 132 valence electrons. The van der Waals surface area contributed by atoms with Gasteiger partial charge in [0, 0.05) is 25.2 Å². The first kappa shape index (κ1) is 22.1. The average Bonchev–Trinajstić information content (AvgIpc) is 2.44. The Kier molecular flexibility index (Phi) is 11.2. The van der Waals surface area contributed by atoms with Crippen LogP contribution in [0.1, 0.15) is 31.9 Å². The lowest BCUT2D eigenvalue weighted by molar-refractivity contribution is 0.392. The van der Waals surface area contributed by atoms with Gasteiger partial charge in [0.05, 0.1) is 6.54 Å². The van der Waals surface area contributed by atoms with E-state index in [9.17, 15) is 4.39 Å². The van der Waals surface area contributed by atoms with Crippen molar-refractivity contribution in [2.24, 2.45) is 10.9 Å². The second-order valence-corrected chi connectivity index (χ2v) is 6.13. The molecule has 0 bridgehead atoms. The minimum Gasteiger partial charge on any atom is -0.357 e. The molecule has 0 aliphatic heterocycles. The zero-order chi connectivity index (χ0) is 16.5. The summed E-state index contributed by atoms with van der Waals surface area (Å²) in [5.41, 5.74) is 1.72. The van der Waals surface area contributed by atoms with E-state index in [2.05, 4.69) is 29.5 Å². The summed E-state index contributed by atoms with van der Waals surface area (Å²) in [5, 5.41) is 6.53. The van der Waals surface area contributed by atoms with E-state index >= 15 is 0 Å². The van der Waals surface area contributed by atoms with Crippen LogP contribution in [0.4, 0.5) is 4.39 Å². The Hall–Kier alpha value is -0.890. The number of benzene rings is 1. The number of halogens is 2. The summed E-state index contributed by atoms with van der Waals surface area (Å²) in [4.78, 5) is 6.52. The third kappa shape index (κ3) is 9.10. The SMILES string of the molecule is CCNC(=NCc1ccc(F)c(CN(C)C)c1)NCC(C)C.I. The topological polar surface area (TPSA) is 39.7 Å². The number of guanidine groups is 1. The minimum absolute atomic E-state index is 0. The lowest BCUT2D eigenvalue weighted by Gasteiger charge is -2.14. The molecule has 1 aromatic rings. The normalized spacial score (nSPS) is 11.6. The van der Waals surface area contributed by atoms with Crippen LogP contribution in [0.5, 0.6) is 0 Å². The fourth-order valence-electron chi connectivity index (χ4n) is 2.00. The predicted octanol–water partition coefficient (Wildman–Crippen LogP) is 3.22. The van der Waals surface area contributed by atoms with Crippen molar-refractivity contribution >= 4 is 29.9 Å². The summed E-state index contributed by atoms with van der Waals surface area (Å²) >= 11 is 0. The van der Waals surface area contributed by atoms with E-state index in [1.54, 1.807) is 6.07 Å². The summed E-state index contributed by atoms with van der Waals surface area (Å²) in [6, 6.07) is 5.22. The maximum Gasteiger partial charge on any atom is 0.191 e. The van der Waals surface area contributed by atoms with Gasteiger partial charge in [-0.1, -0.05) is 19.9 Å². The van der Waals surface area contributed by atoms with Crippen LogP contribution in [0.2, 0.25) is 0 Å². The number of hydrogen-bond donors (Lipinski definition) is 2. The van der Waals surface area contributed by atoms with Crippen LogP contribution in [0, 0.1) is 11.7 Å². The molecule has 1 aromatic carbocycles. The smallest absolute Gasteiger partial charge is 0.191 e. The van der Waals surface area contributed by atoms with Crippen molar-refractivity contribution in [3.8, 4) is 0 Å². The molecule has 0 unspecified atom stereocenters. The molecular weight excluding hydrogens is 406 g/mol. The summed E-state index contributed by atoms with van der Waals surface area (Å²) < 4.78 is 13.8. The van der Waals surface area contributed by atoms with Crippen LogP contribution in [0.3, 0.4) is 0 Å². The Morgan fingerprint density at radius 2 is 1.96 bits per heavy atom. The highest BCUT2D eigenvalue weighted by atomic mass is 127. The van der Waals surface area contributed by atoms with Gasteiger partial charge in [0.25, 0.3) is 0 Å². The molecule has 0 aliphatic rings. The first-order valence-electron chi connectivity index (χ1n) is 7.86. The van der Waals surface area contributed by atoms with E-state index in [1.165, 1.54) is 6.07 Å². The van der Waals surface area contributed by atoms with Crippen LogP contribution in [0.25, 0.3) is 0 Å². The number of hydrogen-bond acceptors (Lipinski definition) is 2. The Morgan fingerprint density at radius 3 is 2.52 bits per heavy atom. The fraction of sp³-hybridized carbons (Fsp3) is 0.588. The van der Waals surface area contributed by atoms with E-state index in [0.29, 0.717) is 24.6 Å². The average molecular weight is 436 g/mol. The summed E-state index contributed by atoms with van der Waals surface area (Å²) in [6.07, 6.45) is 0. The van der Waals surface area contributed by atoms with Crippen LogP contribution >= 0.6 is 24.0 Å². The fourth-order valence-corrected chi connectivity index (χ4v) is 2.00. The van der Waals surface area contributed by atoms with Gasteiger partial charge in [-0.15, -0.1) is 24.0 Å². The quantitative estimate of drug-likeness (QED) is 0.392. The third-order valence-electron chi connectivity index (χ3n) is 3.04. The molecule has 0 radical (unpaired) electrons. The zero-order valence-electron chi connectivity index (χ0n) is 14.8. The first-order valence-corrected chi connectivity index (χ1v) is 7.86. The Labute approximate surface area is 157 Å². The van der Waals surface area contributed by atoms with Crippen LogP contribution < -0.4 is 10.6 Å². The van der Waals surface area contributed by atoms with Gasteiger partial charge < -0.3 is 15.5 Å². The second-order valence-electron chi connectivity index (χ2n) is 6.13. The molecule has 2 N–H and O–H groups in total. The van der Waals surface area contributed by atoms with Crippen molar-refractivity contribution in [2.75, 3.05) is 27.2 Å². The maximum atomic E-state index is 13.8. The maximum absolute atomic E-state index is 13.8. The molecule has 0 amide bonds. The van der Waals surface area contributed by atoms with Crippen LogP contribution in [-0.2, 0) is 13.1 Å². The van der Waals surface area contributed by atoms with Crippen LogP contribution in [-0.4, -0.2) is 38.0 Å². The van der Waals surface area contributed by atoms with Crippen molar-refractivity contribution in [1.82, 2.24) is 15.5 Å². The molecule has 4 nitrogen and oxygen atoms in total. The first-order chi connectivity index (χ1) is 10.4. The van der Waals surface area contributed by atoms with E-state index in [4.69, 9.17) is 0 Å². The Morgan fingerprint density at radius 1 is 1.26 bits per heavy atom. The zero-order valence-corrected chi connectivity index (χ0v) is 17.1. The molecule has 0 aromatic heterocycles. The molecule has 0 saturated carbocycles. The monoisotopic (exact) mass is 436 g/mol. The Bertz CT molecular complexity index is 489. The number of aliphatic imine (C=N–C) groups is 1. The van der Waals surface area contributed by atoms with E-state index in [1.807, 2.05) is 32.0 Å². The summed E-state index contributed by atoms with van der Waals surface area (Å²) in [7, 11) is 3.87. The van der Waals surface area contributed by atoms with Crippen LogP contribution in [0.15, 0.2) is 23.2 Å². The number of nitrogens with one attached hydrogen (secondary N) is 2. The highest BCUT2D eigenvalue weighted by Crippen LogP contribution is 2.13. The van der Waals surface area contributed by atoms with Gasteiger partial charge in [-0.05, 0) is 44.6 Å². The highest BCUT2D eigenvalue weighted by Gasteiger charge is 2.05. The van der Waals surface area contributed by atoms with Crippen molar-refractivity contribution in [3.63, 3.8) is 0 Å². The van der Waals surface area contributed by atoms with Gasteiger partial charge in [0.2, 0.25) is 0 Å². The standard InChI is InChI=1S/C17H29FN4.HI/c1-6-19-17(20-10-13(2)3)21-11-14-7-8-16(18)15(9-14)12-22(4)5;/h7-9,13H,6,10-12H2,1-5H3,(H2,19,20,21);1H. The van der Waals surface area contributed by atoms with Gasteiger partial charge >= 0.3 is 0 Å². The summed E-state index contributed by atoms with van der Waals surface area (Å²) in [5.74, 6) is 1.20. The number of rotatable bonds is 7. The lowest BCUT2D eigenvalue weighted by Crippen LogP contribution is -2.39. The van der Waals surface area contributed by atoms with E-state index in [-0.39, 0.29) is 29.8 Å². The van der Waals surface area contributed by atoms with Crippen molar-refractivity contribution < 1.29 is 4.39 Å². The Balaban J connectivity index is 0.00000484. The predicted molar refractivity (Wildman–Crippen MR) is 107 cm³/mol. The van der Waals surface area contributed by atoms with Gasteiger partial charge in [-0.25, -0.2) is 9.38 Å². The van der Waals surface area contributed by atoms with Crippen molar-refractivity contribution in [3.05, 3.63) is 35.1 Å². The molecule has 6 heteroatoms. The molecule has 23 heavy (non-hydrogen) atoms. The van der Waals surface area contributed by atoms with Crippen molar-refractivity contribution in [1.29, 1.82) is 0 Å².